The molecule has 8 heteroatoms. The zero-order chi connectivity index (χ0) is 15.5. The van der Waals surface area contributed by atoms with Gasteiger partial charge in [0.15, 0.2) is 5.82 Å². The Kier molecular flexibility index (Phi) is 4.01. The van der Waals surface area contributed by atoms with Crippen LogP contribution in [0.3, 0.4) is 0 Å². The fourth-order valence-electron chi connectivity index (χ4n) is 2.24. The molecule has 1 aliphatic rings. The summed E-state index contributed by atoms with van der Waals surface area (Å²) in [6, 6.07) is 1.64. The minimum atomic E-state index is -0.356. The van der Waals surface area contributed by atoms with Crippen LogP contribution in [-0.2, 0) is 0 Å². The number of nitrogens with one attached hydrogen (secondary N) is 1. The van der Waals surface area contributed by atoms with Crippen LogP contribution in [0.5, 0.6) is 0 Å². The highest BCUT2D eigenvalue weighted by atomic mass is 16.5. The van der Waals surface area contributed by atoms with Crippen molar-refractivity contribution in [2.24, 2.45) is 0 Å². The maximum absolute atomic E-state index is 12.0. The van der Waals surface area contributed by atoms with Gasteiger partial charge in [0.05, 0.1) is 12.4 Å². The van der Waals surface area contributed by atoms with Crippen LogP contribution < -0.4 is 10.2 Å². The van der Waals surface area contributed by atoms with Crippen LogP contribution in [0.25, 0.3) is 0 Å². The normalized spacial score (nSPS) is 15.8. The molecule has 0 unspecified atom stereocenters. The molecule has 2 aromatic rings. The Labute approximate surface area is 128 Å². The molecule has 0 saturated carbocycles. The van der Waals surface area contributed by atoms with Crippen LogP contribution in [-0.4, -0.2) is 59.2 Å². The summed E-state index contributed by atoms with van der Waals surface area (Å²) in [5, 5.41) is 6.33. The van der Waals surface area contributed by atoms with E-state index in [1.165, 1.54) is 6.20 Å². The maximum Gasteiger partial charge on any atom is 0.277 e. The monoisotopic (exact) mass is 302 g/mol. The van der Waals surface area contributed by atoms with E-state index < -0.39 is 0 Å². The molecule has 0 radical (unpaired) electrons. The highest BCUT2D eigenvalue weighted by Gasteiger charge is 2.17. The fourth-order valence-corrected chi connectivity index (χ4v) is 2.24. The van der Waals surface area contributed by atoms with Gasteiger partial charge in [0.2, 0.25) is 0 Å². The van der Waals surface area contributed by atoms with E-state index in [1.807, 2.05) is 0 Å². The van der Waals surface area contributed by atoms with Crippen molar-refractivity contribution in [1.82, 2.24) is 20.0 Å². The number of piperazine rings is 1. The lowest BCUT2D eigenvalue weighted by Gasteiger charge is -2.32. The highest BCUT2D eigenvalue weighted by Crippen LogP contribution is 2.13. The van der Waals surface area contributed by atoms with Gasteiger partial charge in [-0.3, -0.25) is 4.79 Å². The zero-order valence-corrected chi connectivity index (χ0v) is 12.6. The molecule has 3 heterocycles. The lowest BCUT2D eigenvalue weighted by Crippen LogP contribution is -2.44. The van der Waals surface area contributed by atoms with Crippen molar-refractivity contribution in [2.45, 2.75) is 6.92 Å². The Morgan fingerprint density at radius 3 is 2.59 bits per heavy atom. The fraction of sp³-hybridized carbons (Fsp3) is 0.429. The van der Waals surface area contributed by atoms with Crippen molar-refractivity contribution in [1.29, 1.82) is 0 Å². The van der Waals surface area contributed by atoms with Crippen LogP contribution in [0, 0.1) is 6.92 Å². The first-order valence-electron chi connectivity index (χ1n) is 7.12. The quantitative estimate of drug-likeness (QED) is 0.896. The molecule has 0 atom stereocenters. The van der Waals surface area contributed by atoms with Crippen LogP contribution >= 0.6 is 0 Å². The van der Waals surface area contributed by atoms with Crippen LogP contribution in [0.15, 0.2) is 23.0 Å². The Hall–Kier alpha value is -2.48. The molecule has 2 aromatic heterocycles. The molecule has 1 N–H and O–H groups in total. The molecule has 1 fully saturated rings. The SMILES string of the molecule is Cc1cc(NC(=O)c2cnc(N3CCN(C)CC3)cn2)no1. The molecule has 116 valence electrons. The van der Waals surface area contributed by atoms with Gasteiger partial charge >= 0.3 is 0 Å². The van der Waals surface area contributed by atoms with Crippen LogP contribution in [0.4, 0.5) is 11.6 Å². The molecular formula is C14H18N6O2. The molecule has 3 rings (SSSR count). The Morgan fingerprint density at radius 2 is 2.00 bits per heavy atom. The Balaban J connectivity index is 1.64. The second-order valence-corrected chi connectivity index (χ2v) is 5.33. The molecule has 1 saturated heterocycles. The molecule has 0 bridgehead atoms. The zero-order valence-electron chi connectivity index (χ0n) is 12.6. The number of hydrogen-bond donors (Lipinski definition) is 1. The number of anilines is 2. The lowest BCUT2D eigenvalue weighted by atomic mass is 10.3. The van der Waals surface area contributed by atoms with E-state index >= 15 is 0 Å². The summed E-state index contributed by atoms with van der Waals surface area (Å²) in [7, 11) is 2.10. The standard InChI is InChI=1S/C14H18N6O2/c1-10-7-12(18-22-10)17-14(21)11-8-16-13(9-15-11)20-5-3-19(2)4-6-20/h7-9H,3-6H2,1-2H3,(H,17,18,21). The third-order valence-corrected chi connectivity index (χ3v) is 3.57. The van der Waals surface area contributed by atoms with Crippen molar-refractivity contribution < 1.29 is 9.32 Å². The number of nitrogens with zero attached hydrogens (tertiary/aromatic N) is 5. The number of aryl methyl sites for hydroxylation is 1. The smallest absolute Gasteiger partial charge is 0.277 e. The van der Waals surface area contributed by atoms with E-state index in [4.69, 9.17) is 4.52 Å². The number of carbonyl (C=O) groups is 1. The van der Waals surface area contributed by atoms with Gasteiger partial charge in [-0.1, -0.05) is 5.16 Å². The van der Waals surface area contributed by atoms with Gasteiger partial charge in [-0.15, -0.1) is 0 Å². The van der Waals surface area contributed by atoms with Gasteiger partial charge < -0.3 is 19.6 Å². The van der Waals surface area contributed by atoms with Crippen molar-refractivity contribution in [3.8, 4) is 0 Å². The van der Waals surface area contributed by atoms with E-state index in [9.17, 15) is 4.79 Å². The van der Waals surface area contributed by atoms with Gasteiger partial charge in [-0.25, -0.2) is 9.97 Å². The van der Waals surface area contributed by atoms with E-state index in [0.29, 0.717) is 11.6 Å². The first kappa shape index (κ1) is 14.5. The number of hydrogen-bond acceptors (Lipinski definition) is 7. The van der Waals surface area contributed by atoms with Crippen molar-refractivity contribution >= 4 is 17.5 Å². The molecular weight excluding hydrogens is 284 g/mol. The summed E-state index contributed by atoms with van der Waals surface area (Å²) < 4.78 is 4.90. The average molecular weight is 302 g/mol. The molecule has 0 aromatic carbocycles. The summed E-state index contributed by atoms with van der Waals surface area (Å²) in [5.41, 5.74) is 0.249. The number of carbonyl (C=O) groups excluding carboxylic acids is 1. The summed E-state index contributed by atoms with van der Waals surface area (Å²) in [6.45, 7) is 5.57. The summed E-state index contributed by atoms with van der Waals surface area (Å²) in [6.07, 6.45) is 3.12. The lowest BCUT2D eigenvalue weighted by molar-refractivity contribution is 0.102. The largest absolute Gasteiger partial charge is 0.360 e. The molecule has 1 aliphatic heterocycles. The van der Waals surface area contributed by atoms with Crippen LogP contribution in [0.2, 0.25) is 0 Å². The van der Waals surface area contributed by atoms with Crippen LogP contribution in [0.1, 0.15) is 16.2 Å². The maximum atomic E-state index is 12.0. The van der Waals surface area contributed by atoms with Gasteiger partial charge in [-0.2, -0.15) is 0 Å². The molecule has 22 heavy (non-hydrogen) atoms. The van der Waals surface area contributed by atoms with Gasteiger partial charge in [0, 0.05) is 32.2 Å². The molecule has 0 spiro atoms. The minimum absolute atomic E-state index is 0.249. The summed E-state index contributed by atoms with van der Waals surface area (Å²) >= 11 is 0. The number of aromatic nitrogens is 3. The Bertz CT molecular complexity index is 646. The molecule has 1 amide bonds. The van der Waals surface area contributed by atoms with Gasteiger partial charge in [-0.05, 0) is 14.0 Å². The number of rotatable bonds is 3. The minimum Gasteiger partial charge on any atom is -0.360 e. The van der Waals surface area contributed by atoms with E-state index in [-0.39, 0.29) is 11.6 Å². The average Bonchev–Trinajstić information content (AvgIpc) is 2.93. The number of likely N-dealkylation sites (N-methyl/N-ethyl adjacent to an activating group) is 1. The predicted octanol–water partition coefficient (Wildman–Crippen LogP) is 0.777. The van der Waals surface area contributed by atoms with Crippen molar-refractivity contribution in [2.75, 3.05) is 43.4 Å². The number of amides is 1. The third kappa shape index (κ3) is 3.22. The van der Waals surface area contributed by atoms with E-state index in [0.717, 1.165) is 32.0 Å². The molecule has 0 aliphatic carbocycles. The van der Waals surface area contributed by atoms with Gasteiger partial charge in [0.1, 0.15) is 17.3 Å². The molecule has 8 nitrogen and oxygen atoms in total. The highest BCUT2D eigenvalue weighted by molar-refractivity contribution is 6.02. The van der Waals surface area contributed by atoms with E-state index in [1.54, 1.807) is 19.2 Å². The first-order valence-corrected chi connectivity index (χ1v) is 7.12. The predicted molar refractivity (Wildman–Crippen MR) is 80.9 cm³/mol. The summed E-state index contributed by atoms with van der Waals surface area (Å²) in [4.78, 5) is 25.0. The van der Waals surface area contributed by atoms with Crippen molar-refractivity contribution in [3.63, 3.8) is 0 Å². The first-order chi connectivity index (χ1) is 10.6. The topological polar surface area (TPSA) is 87.4 Å². The second-order valence-electron chi connectivity index (χ2n) is 5.33. The van der Waals surface area contributed by atoms with Crippen molar-refractivity contribution in [3.05, 3.63) is 29.9 Å². The Morgan fingerprint density at radius 1 is 1.23 bits per heavy atom. The van der Waals surface area contributed by atoms with Gasteiger partial charge in [0.25, 0.3) is 5.91 Å². The van der Waals surface area contributed by atoms with E-state index in [2.05, 4.69) is 37.3 Å². The second kappa shape index (κ2) is 6.10. The summed E-state index contributed by atoms with van der Waals surface area (Å²) in [5.74, 6) is 1.44. The third-order valence-electron chi connectivity index (χ3n) is 3.57.